The van der Waals surface area contributed by atoms with E-state index in [2.05, 4.69) is 22.3 Å². The van der Waals surface area contributed by atoms with E-state index < -0.39 is 10.0 Å². The molecule has 0 saturated carbocycles. The number of nitrogens with one attached hydrogen (secondary N) is 1. The highest BCUT2D eigenvalue weighted by molar-refractivity contribution is 7.88. The van der Waals surface area contributed by atoms with Crippen molar-refractivity contribution in [3.05, 3.63) is 48.6 Å². The van der Waals surface area contributed by atoms with Gasteiger partial charge in [0.2, 0.25) is 10.0 Å². The van der Waals surface area contributed by atoms with Crippen LogP contribution in [0.5, 0.6) is 0 Å². The van der Waals surface area contributed by atoms with Crippen molar-refractivity contribution in [3.8, 4) is 0 Å². The summed E-state index contributed by atoms with van der Waals surface area (Å²) < 4.78 is 27.2. The van der Waals surface area contributed by atoms with Gasteiger partial charge in [0.1, 0.15) is 0 Å². The Labute approximate surface area is 133 Å². The lowest BCUT2D eigenvalue weighted by Crippen LogP contribution is -2.56. The van der Waals surface area contributed by atoms with Gasteiger partial charge in [0.15, 0.2) is 0 Å². The van der Waals surface area contributed by atoms with Crippen LogP contribution < -0.4 is 4.72 Å². The third-order valence-electron chi connectivity index (χ3n) is 4.97. The third kappa shape index (κ3) is 3.59. The van der Waals surface area contributed by atoms with Crippen LogP contribution in [0.15, 0.2) is 43.0 Å². The number of sulfonamides is 1. The highest BCUT2D eigenvalue weighted by atomic mass is 32.2. The molecule has 3 heterocycles. The molecule has 2 bridgehead atoms. The maximum absolute atomic E-state index is 12.2. The van der Waals surface area contributed by atoms with Crippen molar-refractivity contribution < 1.29 is 8.42 Å². The van der Waals surface area contributed by atoms with E-state index in [4.69, 9.17) is 0 Å². The van der Waals surface area contributed by atoms with Crippen molar-refractivity contribution in [2.75, 3.05) is 19.6 Å². The molecule has 3 aliphatic heterocycles. The lowest BCUT2D eigenvalue weighted by Gasteiger charge is -2.49. The number of nitrogens with zero attached hydrogens (tertiary/aromatic N) is 1. The van der Waals surface area contributed by atoms with Crippen molar-refractivity contribution in [1.29, 1.82) is 0 Å². The first-order valence-corrected chi connectivity index (χ1v) is 9.60. The maximum Gasteiger partial charge on any atom is 0.215 e. The lowest BCUT2D eigenvalue weighted by atomic mass is 9.76. The van der Waals surface area contributed by atoms with Gasteiger partial charge in [-0.3, -0.25) is 4.90 Å². The SMILES string of the molecule is C=C[C@@H]1CN2CC[C@H]1C[C@@H]2CNS(=O)(=O)Cc1ccccc1. The van der Waals surface area contributed by atoms with Crippen LogP contribution in [-0.4, -0.2) is 39.0 Å². The first-order valence-electron chi connectivity index (χ1n) is 7.95. The van der Waals surface area contributed by atoms with Crippen LogP contribution in [0.4, 0.5) is 0 Å². The van der Waals surface area contributed by atoms with Crippen LogP contribution in [0.2, 0.25) is 0 Å². The summed E-state index contributed by atoms with van der Waals surface area (Å²) >= 11 is 0. The molecular formula is C17H24N2O2S. The van der Waals surface area contributed by atoms with Crippen molar-refractivity contribution in [2.45, 2.75) is 24.6 Å². The molecule has 4 nitrogen and oxygen atoms in total. The summed E-state index contributed by atoms with van der Waals surface area (Å²) in [6.07, 6.45) is 4.35. The second-order valence-corrected chi connectivity index (χ2v) is 8.23. The topological polar surface area (TPSA) is 49.4 Å². The molecule has 1 aromatic carbocycles. The number of hydrogen-bond donors (Lipinski definition) is 1. The normalized spacial score (nSPS) is 31.1. The Morgan fingerprint density at radius 3 is 2.73 bits per heavy atom. The summed E-state index contributed by atoms with van der Waals surface area (Å²) in [5.74, 6) is 1.30. The Kier molecular flexibility index (Phi) is 4.66. The minimum Gasteiger partial charge on any atom is -0.298 e. The van der Waals surface area contributed by atoms with Gasteiger partial charge in [-0.05, 0) is 36.8 Å². The van der Waals surface area contributed by atoms with Gasteiger partial charge in [0, 0.05) is 19.1 Å². The number of benzene rings is 1. The van der Waals surface area contributed by atoms with Gasteiger partial charge in [-0.2, -0.15) is 0 Å². The fourth-order valence-electron chi connectivity index (χ4n) is 3.73. The first kappa shape index (κ1) is 15.7. The summed E-state index contributed by atoms with van der Waals surface area (Å²) in [6, 6.07) is 9.66. The second-order valence-electron chi connectivity index (χ2n) is 6.43. The Morgan fingerprint density at radius 2 is 2.09 bits per heavy atom. The van der Waals surface area contributed by atoms with E-state index in [0.29, 0.717) is 24.4 Å². The van der Waals surface area contributed by atoms with E-state index in [9.17, 15) is 8.42 Å². The largest absolute Gasteiger partial charge is 0.298 e. The van der Waals surface area contributed by atoms with Gasteiger partial charge >= 0.3 is 0 Å². The molecule has 1 N–H and O–H groups in total. The second kappa shape index (κ2) is 6.52. The Hall–Kier alpha value is -1.17. The lowest BCUT2D eigenvalue weighted by molar-refractivity contribution is 0.0218. The number of hydrogen-bond acceptors (Lipinski definition) is 3. The zero-order chi connectivity index (χ0) is 15.6. The first-order chi connectivity index (χ1) is 10.6. The van der Waals surface area contributed by atoms with Crippen molar-refractivity contribution in [1.82, 2.24) is 9.62 Å². The predicted octanol–water partition coefficient (Wildman–Crippen LogP) is 2.00. The molecule has 4 rings (SSSR count). The number of piperidine rings is 3. The number of rotatable bonds is 6. The van der Waals surface area contributed by atoms with Crippen LogP contribution in [-0.2, 0) is 15.8 Å². The number of fused-ring (bicyclic) bond motifs is 3. The molecule has 0 radical (unpaired) electrons. The molecule has 3 aliphatic rings. The molecule has 3 saturated heterocycles. The van der Waals surface area contributed by atoms with Crippen LogP contribution in [0, 0.1) is 11.8 Å². The smallest absolute Gasteiger partial charge is 0.215 e. The Balaban J connectivity index is 1.55. The van der Waals surface area contributed by atoms with E-state index in [1.54, 1.807) is 0 Å². The molecule has 0 aromatic heterocycles. The van der Waals surface area contributed by atoms with Gasteiger partial charge in [0.05, 0.1) is 5.75 Å². The van der Waals surface area contributed by atoms with Crippen LogP contribution >= 0.6 is 0 Å². The Morgan fingerprint density at radius 1 is 1.32 bits per heavy atom. The van der Waals surface area contributed by atoms with Gasteiger partial charge in [-0.25, -0.2) is 13.1 Å². The molecule has 0 amide bonds. The van der Waals surface area contributed by atoms with Crippen molar-refractivity contribution in [2.24, 2.45) is 11.8 Å². The molecule has 1 aromatic rings. The van der Waals surface area contributed by atoms with Crippen molar-refractivity contribution >= 4 is 10.0 Å². The van der Waals surface area contributed by atoms with Crippen LogP contribution in [0.1, 0.15) is 18.4 Å². The molecule has 0 spiro atoms. The average molecular weight is 320 g/mol. The van der Waals surface area contributed by atoms with Crippen LogP contribution in [0.25, 0.3) is 0 Å². The summed E-state index contributed by atoms with van der Waals surface area (Å²) in [4.78, 5) is 2.41. The highest BCUT2D eigenvalue weighted by Gasteiger charge is 2.38. The maximum atomic E-state index is 12.2. The molecule has 1 unspecified atom stereocenters. The third-order valence-corrected chi connectivity index (χ3v) is 6.29. The van der Waals surface area contributed by atoms with E-state index in [1.807, 2.05) is 30.3 Å². The van der Waals surface area contributed by atoms with Gasteiger partial charge in [0.25, 0.3) is 0 Å². The predicted molar refractivity (Wildman–Crippen MR) is 88.8 cm³/mol. The van der Waals surface area contributed by atoms with E-state index in [-0.39, 0.29) is 5.75 Å². The molecule has 120 valence electrons. The summed E-state index contributed by atoms with van der Waals surface area (Å²) in [6.45, 7) is 6.56. The van der Waals surface area contributed by atoms with E-state index >= 15 is 0 Å². The monoisotopic (exact) mass is 320 g/mol. The minimum atomic E-state index is -3.27. The van der Waals surface area contributed by atoms with Crippen LogP contribution in [0.3, 0.4) is 0 Å². The van der Waals surface area contributed by atoms with Gasteiger partial charge in [-0.15, -0.1) is 6.58 Å². The van der Waals surface area contributed by atoms with Gasteiger partial charge in [-0.1, -0.05) is 36.4 Å². The summed E-state index contributed by atoms with van der Waals surface area (Å²) in [5.41, 5.74) is 0.826. The zero-order valence-corrected chi connectivity index (χ0v) is 13.6. The van der Waals surface area contributed by atoms with Gasteiger partial charge < -0.3 is 0 Å². The fourth-order valence-corrected chi connectivity index (χ4v) is 4.91. The standard InChI is InChI=1S/C17H24N2O2S/c1-2-15-12-19-9-8-16(15)10-17(19)11-18-22(20,21)13-14-6-4-3-5-7-14/h2-7,15-18H,1,8-13H2/t15-,16+,17-/m1/s1. The zero-order valence-electron chi connectivity index (χ0n) is 12.8. The Bertz CT molecular complexity index is 615. The quantitative estimate of drug-likeness (QED) is 0.816. The molecule has 4 atom stereocenters. The molecule has 0 aliphatic carbocycles. The fraction of sp³-hybridized carbons (Fsp3) is 0.529. The molecule has 5 heteroatoms. The highest BCUT2D eigenvalue weighted by Crippen LogP contribution is 2.36. The molecule has 22 heavy (non-hydrogen) atoms. The summed E-state index contributed by atoms with van der Waals surface area (Å²) in [7, 11) is -3.27. The molecule has 3 fully saturated rings. The van der Waals surface area contributed by atoms with E-state index in [0.717, 1.165) is 25.1 Å². The van der Waals surface area contributed by atoms with E-state index in [1.165, 1.54) is 6.42 Å². The minimum absolute atomic E-state index is 0.0548. The summed E-state index contributed by atoms with van der Waals surface area (Å²) in [5, 5.41) is 0. The average Bonchev–Trinajstić information content (AvgIpc) is 2.54. The molecular weight excluding hydrogens is 296 g/mol. The van der Waals surface area contributed by atoms with Crippen molar-refractivity contribution in [3.63, 3.8) is 0 Å².